The minimum atomic E-state index is -0.948. The first kappa shape index (κ1) is 27.5. The summed E-state index contributed by atoms with van der Waals surface area (Å²) in [6, 6.07) is 10.4. The Morgan fingerprint density at radius 2 is 1.79 bits per heavy atom. The summed E-state index contributed by atoms with van der Waals surface area (Å²) in [6.07, 6.45) is 0. The average molecular weight is 524 g/mol. The molecule has 0 radical (unpaired) electrons. The molecule has 0 aliphatic carbocycles. The van der Waals surface area contributed by atoms with Crippen molar-refractivity contribution in [2.24, 2.45) is 0 Å². The molecular formula is C27H37N7O4. The number of hydrogen-bond acceptors (Lipinski definition) is 8. The first-order valence-electron chi connectivity index (χ1n) is 12.9. The van der Waals surface area contributed by atoms with Gasteiger partial charge in [-0.1, -0.05) is 29.8 Å². The Bertz CT molecular complexity index is 1220. The van der Waals surface area contributed by atoms with E-state index >= 15 is 0 Å². The van der Waals surface area contributed by atoms with Crippen LogP contribution in [0.25, 0.3) is 11.4 Å². The van der Waals surface area contributed by atoms with E-state index in [1.165, 1.54) is 4.80 Å². The average Bonchev–Trinajstić information content (AvgIpc) is 3.50. The van der Waals surface area contributed by atoms with E-state index in [9.17, 15) is 9.59 Å². The third-order valence-electron chi connectivity index (χ3n) is 6.21. The molecule has 2 aromatic heterocycles. The number of aryl methyl sites for hydroxylation is 2. The number of hydrogen-bond donors (Lipinski definition) is 1. The van der Waals surface area contributed by atoms with Crippen molar-refractivity contribution < 1.29 is 18.7 Å². The zero-order valence-electron chi connectivity index (χ0n) is 22.8. The zero-order chi connectivity index (χ0) is 27.3. The van der Waals surface area contributed by atoms with Crippen molar-refractivity contribution in [3.63, 3.8) is 0 Å². The van der Waals surface area contributed by atoms with E-state index in [1.807, 2.05) is 58.9 Å². The third kappa shape index (κ3) is 7.26. The van der Waals surface area contributed by atoms with E-state index in [4.69, 9.17) is 9.15 Å². The van der Waals surface area contributed by atoms with Gasteiger partial charge in [0, 0.05) is 37.3 Å². The largest absolute Gasteiger partial charge is 0.464 e. The number of nitrogens with zero attached hydrogens (tertiary/aromatic N) is 6. The van der Waals surface area contributed by atoms with Crippen molar-refractivity contribution in [1.82, 2.24) is 35.3 Å². The fourth-order valence-electron chi connectivity index (χ4n) is 4.27. The second-order valence-corrected chi connectivity index (χ2v) is 10.6. The van der Waals surface area contributed by atoms with Crippen LogP contribution in [0.2, 0.25) is 0 Å². The minimum Gasteiger partial charge on any atom is -0.464 e. The quantitative estimate of drug-likeness (QED) is 0.454. The molecule has 11 nitrogen and oxygen atoms in total. The molecule has 1 atom stereocenters. The summed E-state index contributed by atoms with van der Waals surface area (Å²) in [5, 5.41) is 15.7. The number of furan rings is 1. The Balaban J connectivity index is 1.60. The molecular weight excluding hydrogens is 486 g/mol. The molecule has 1 aromatic carbocycles. The fraction of sp³-hybridized carbons (Fsp3) is 0.519. The van der Waals surface area contributed by atoms with Crippen molar-refractivity contribution in [3.8, 4) is 11.4 Å². The van der Waals surface area contributed by atoms with Crippen molar-refractivity contribution in [3.05, 3.63) is 53.5 Å². The molecule has 1 fully saturated rings. The number of carbonyl (C=O) groups excluding carboxylic acids is 2. The molecule has 0 spiro atoms. The van der Waals surface area contributed by atoms with E-state index in [2.05, 4.69) is 25.6 Å². The standard InChI is InChI=1S/C27H37N7O4/c1-19-6-9-21(10-7-19)25-29-31-34(30-25)18-23(35)33(13-12-32-14-16-37-17-15-32)24(22-11-8-20(2)38-22)26(36)28-27(3,4)5/h6-11,24H,12-18H2,1-5H3,(H,28,36)/t24-/m0/s1. The van der Waals surface area contributed by atoms with Crippen LogP contribution in [0.3, 0.4) is 0 Å². The maximum atomic E-state index is 13.8. The molecule has 11 heteroatoms. The molecule has 0 bridgehead atoms. The van der Waals surface area contributed by atoms with E-state index in [-0.39, 0.29) is 18.4 Å². The van der Waals surface area contributed by atoms with Crippen molar-refractivity contribution >= 4 is 11.8 Å². The maximum Gasteiger partial charge on any atom is 0.251 e. The Morgan fingerprint density at radius 1 is 1.08 bits per heavy atom. The Morgan fingerprint density at radius 3 is 2.42 bits per heavy atom. The highest BCUT2D eigenvalue weighted by atomic mass is 16.5. The van der Waals surface area contributed by atoms with Gasteiger partial charge in [-0.25, -0.2) is 0 Å². The summed E-state index contributed by atoms with van der Waals surface area (Å²) >= 11 is 0. The highest BCUT2D eigenvalue weighted by molar-refractivity contribution is 5.88. The number of tetrazole rings is 1. The molecule has 1 N–H and O–H groups in total. The van der Waals surface area contributed by atoms with Crippen molar-refractivity contribution in [1.29, 1.82) is 0 Å². The Labute approximate surface area is 223 Å². The highest BCUT2D eigenvalue weighted by Gasteiger charge is 2.36. The van der Waals surface area contributed by atoms with Crippen LogP contribution in [-0.2, 0) is 20.9 Å². The number of nitrogens with one attached hydrogen (secondary N) is 1. The summed E-state index contributed by atoms with van der Waals surface area (Å²) in [7, 11) is 0. The van der Waals surface area contributed by atoms with Crippen LogP contribution in [0.4, 0.5) is 0 Å². The summed E-state index contributed by atoms with van der Waals surface area (Å²) in [5.41, 5.74) is 1.44. The van der Waals surface area contributed by atoms with Gasteiger partial charge in [-0.3, -0.25) is 14.5 Å². The van der Waals surface area contributed by atoms with E-state index in [1.54, 1.807) is 17.0 Å². The van der Waals surface area contributed by atoms with Gasteiger partial charge in [0.25, 0.3) is 5.91 Å². The Hall–Kier alpha value is -3.57. The molecule has 204 valence electrons. The minimum absolute atomic E-state index is 0.166. The molecule has 0 saturated carbocycles. The molecule has 3 aromatic rings. The second-order valence-electron chi connectivity index (χ2n) is 10.6. The maximum absolute atomic E-state index is 13.8. The van der Waals surface area contributed by atoms with Gasteiger partial charge in [0.2, 0.25) is 11.7 Å². The van der Waals surface area contributed by atoms with Crippen LogP contribution in [0, 0.1) is 13.8 Å². The van der Waals surface area contributed by atoms with E-state index in [0.717, 1.165) is 24.2 Å². The SMILES string of the molecule is Cc1ccc(-c2nnn(CC(=O)N(CCN3CCOCC3)[C@H](C(=O)NC(C)(C)C)c3ccc(C)o3)n2)cc1. The summed E-state index contributed by atoms with van der Waals surface area (Å²) in [6.45, 7) is 13.1. The lowest BCUT2D eigenvalue weighted by atomic mass is 10.1. The van der Waals surface area contributed by atoms with Gasteiger partial charge in [-0.2, -0.15) is 4.80 Å². The van der Waals surface area contributed by atoms with Crippen LogP contribution in [-0.4, -0.2) is 86.8 Å². The van der Waals surface area contributed by atoms with Crippen molar-refractivity contribution in [2.45, 2.75) is 52.7 Å². The van der Waals surface area contributed by atoms with Crippen LogP contribution in [0.1, 0.15) is 43.9 Å². The summed E-state index contributed by atoms with van der Waals surface area (Å²) in [4.78, 5) is 32.4. The number of benzene rings is 1. The number of rotatable bonds is 9. The Kier molecular flexibility index (Phi) is 8.58. The van der Waals surface area contributed by atoms with Gasteiger partial charge in [0.05, 0.1) is 13.2 Å². The summed E-state index contributed by atoms with van der Waals surface area (Å²) < 4.78 is 11.4. The number of carbonyl (C=O) groups is 2. The normalized spacial score (nSPS) is 15.3. The lowest BCUT2D eigenvalue weighted by molar-refractivity contribution is -0.143. The first-order chi connectivity index (χ1) is 18.1. The number of aromatic nitrogens is 4. The first-order valence-corrected chi connectivity index (χ1v) is 12.9. The van der Waals surface area contributed by atoms with Crippen molar-refractivity contribution in [2.75, 3.05) is 39.4 Å². The lowest BCUT2D eigenvalue weighted by Gasteiger charge is -2.34. The molecule has 2 amide bonds. The predicted octanol–water partition coefficient (Wildman–Crippen LogP) is 2.37. The van der Waals surface area contributed by atoms with Gasteiger partial charge in [0.15, 0.2) is 6.04 Å². The van der Waals surface area contributed by atoms with Gasteiger partial charge in [0.1, 0.15) is 18.1 Å². The second kappa shape index (κ2) is 11.9. The number of ether oxygens (including phenoxy) is 1. The molecule has 1 aliphatic rings. The van der Waals surface area contributed by atoms with Crippen LogP contribution in [0.15, 0.2) is 40.8 Å². The van der Waals surface area contributed by atoms with E-state index < -0.39 is 11.6 Å². The lowest BCUT2D eigenvalue weighted by Crippen LogP contribution is -2.52. The zero-order valence-corrected chi connectivity index (χ0v) is 22.8. The molecule has 0 unspecified atom stereocenters. The van der Waals surface area contributed by atoms with Gasteiger partial charge in [-0.15, -0.1) is 10.2 Å². The van der Waals surface area contributed by atoms with Crippen LogP contribution < -0.4 is 5.32 Å². The highest BCUT2D eigenvalue weighted by Crippen LogP contribution is 2.25. The molecule has 1 saturated heterocycles. The van der Waals surface area contributed by atoms with Gasteiger partial charge < -0.3 is 19.4 Å². The van der Waals surface area contributed by atoms with Crippen LogP contribution >= 0.6 is 0 Å². The third-order valence-corrected chi connectivity index (χ3v) is 6.21. The molecule has 4 rings (SSSR count). The molecule has 3 heterocycles. The van der Waals surface area contributed by atoms with Crippen LogP contribution in [0.5, 0.6) is 0 Å². The summed E-state index contributed by atoms with van der Waals surface area (Å²) in [5.74, 6) is 0.881. The monoisotopic (exact) mass is 523 g/mol. The number of amides is 2. The molecule has 38 heavy (non-hydrogen) atoms. The predicted molar refractivity (Wildman–Crippen MR) is 141 cm³/mol. The van der Waals surface area contributed by atoms with Gasteiger partial charge in [-0.05, 0) is 52.0 Å². The molecule has 1 aliphatic heterocycles. The number of morpholine rings is 1. The smallest absolute Gasteiger partial charge is 0.251 e. The fourth-order valence-corrected chi connectivity index (χ4v) is 4.27. The van der Waals surface area contributed by atoms with E-state index in [0.29, 0.717) is 43.6 Å². The topological polar surface area (TPSA) is 119 Å². The van der Waals surface area contributed by atoms with Gasteiger partial charge >= 0.3 is 0 Å².